The molecule has 2 aromatic carbocycles. The Morgan fingerprint density at radius 3 is 2.44 bits per heavy atom. The molecule has 0 bridgehead atoms. The van der Waals surface area contributed by atoms with Gasteiger partial charge in [-0.05, 0) is 68.1 Å². The Kier molecular flexibility index (Phi) is 6.52. The predicted molar refractivity (Wildman–Crippen MR) is 134 cm³/mol. The molecule has 1 saturated carbocycles. The van der Waals surface area contributed by atoms with Crippen molar-refractivity contribution >= 4 is 17.4 Å². The lowest BCUT2D eigenvalue weighted by atomic mass is 9.89. The van der Waals surface area contributed by atoms with Crippen LogP contribution in [0.15, 0.2) is 47.0 Å². The van der Waals surface area contributed by atoms with Gasteiger partial charge in [-0.15, -0.1) is 0 Å². The Morgan fingerprint density at radius 2 is 1.71 bits per heavy atom. The molecule has 1 aromatic heterocycles. The summed E-state index contributed by atoms with van der Waals surface area (Å²) in [5, 5.41) is 7.30. The average molecular weight is 460 g/mol. The topological polar surface area (TPSA) is 74.5 Å². The molecule has 7 heteroatoms. The van der Waals surface area contributed by atoms with Crippen LogP contribution in [0.5, 0.6) is 0 Å². The number of nitrogens with zero attached hydrogens (tertiary/aromatic N) is 4. The van der Waals surface area contributed by atoms with Crippen molar-refractivity contribution in [2.24, 2.45) is 0 Å². The van der Waals surface area contributed by atoms with Crippen LogP contribution in [0.4, 0.5) is 16.2 Å². The zero-order chi connectivity index (χ0) is 23.5. The zero-order valence-electron chi connectivity index (χ0n) is 20.1. The molecule has 3 aromatic rings. The van der Waals surface area contributed by atoms with E-state index in [1.54, 1.807) is 0 Å². The fourth-order valence-corrected chi connectivity index (χ4v) is 4.94. The third-order valence-electron chi connectivity index (χ3n) is 7.30. The van der Waals surface area contributed by atoms with Gasteiger partial charge in [0.1, 0.15) is 0 Å². The van der Waals surface area contributed by atoms with Crippen molar-refractivity contribution in [3.63, 3.8) is 0 Å². The van der Waals surface area contributed by atoms with Gasteiger partial charge >= 0.3 is 6.03 Å². The minimum Gasteiger partial charge on any atom is -0.368 e. The third-order valence-corrected chi connectivity index (χ3v) is 7.30. The van der Waals surface area contributed by atoms with Crippen molar-refractivity contribution in [2.75, 3.05) is 36.4 Å². The standard InChI is InChI=1S/C27H33N5O2/c1-19-7-6-10-24(20(19)2)28-27(33)32-17-15-31(16-18-32)23-13-11-21(12-14-23)25-29-26(34-30-25)22-8-4-3-5-9-22/h6-7,10-14,22H,3-5,8-9,15-18H2,1-2H3,(H,28,33). The lowest BCUT2D eigenvalue weighted by molar-refractivity contribution is 0.208. The normalized spacial score (nSPS) is 17.1. The first-order valence-electron chi connectivity index (χ1n) is 12.4. The largest absolute Gasteiger partial charge is 0.368 e. The molecular formula is C27H33N5O2. The van der Waals surface area contributed by atoms with E-state index in [1.165, 1.54) is 24.8 Å². The molecule has 7 nitrogen and oxygen atoms in total. The molecule has 1 saturated heterocycles. The Bertz CT molecular complexity index is 1130. The van der Waals surface area contributed by atoms with Gasteiger partial charge in [-0.2, -0.15) is 4.98 Å². The maximum absolute atomic E-state index is 12.8. The van der Waals surface area contributed by atoms with Gasteiger partial charge in [0.05, 0.1) is 0 Å². The summed E-state index contributed by atoms with van der Waals surface area (Å²) in [5.41, 5.74) is 5.30. The number of urea groups is 1. The smallest absolute Gasteiger partial charge is 0.321 e. The van der Waals surface area contributed by atoms with E-state index in [9.17, 15) is 4.79 Å². The van der Waals surface area contributed by atoms with Gasteiger partial charge < -0.3 is 19.6 Å². The minimum atomic E-state index is -0.0328. The molecule has 0 radical (unpaired) electrons. The van der Waals surface area contributed by atoms with Crippen molar-refractivity contribution in [2.45, 2.75) is 51.9 Å². The molecule has 178 valence electrons. The first-order chi connectivity index (χ1) is 16.6. The van der Waals surface area contributed by atoms with Crippen LogP contribution in [0.25, 0.3) is 11.4 Å². The molecule has 2 amide bonds. The maximum Gasteiger partial charge on any atom is 0.321 e. The van der Waals surface area contributed by atoms with Crippen LogP contribution in [0.2, 0.25) is 0 Å². The molecule has 2 aliphatic rings. The number of amides is 2. The van der Waals surface area contributed by atoms with Gasteiger partial charge in [-0.3, -0.25) is 0 Å². The van der Waals surface area contributed by atoms with Gasteiger partial charge in [0.25, 0.3) is 0 Å². The molecule has 2 heterocycles. The van der Waals surface area contributed by atoms with E-state index in [-0.39, 0.29) is 6.03 Å². The van der Waals surface area contributed by atoms with Crippen molar-refractivity contribution in [1.29, 1.82) is 0 Å². The highest BCUT2D eigenvalue weighted by molar-refractivity contribution is 5.90. The van der Waals surface area contributed by atoms with Gasteiger partial charge in [0.15, 0.2) is 0 Å². The second-order valence-electron chi connectivity index (χ2n) is 9.49. The number of piperazine rings is 1. The summed E-state index contributed by atoms with van der Waals surface area (Å²) in [6.45, 7) is 7.07. The Labute approximate surface area is 201 Å². The fraction of sp³-hybridized carbons (Fsp3) is 0.444. The van der Waals surface area contributed by atoms with Crippen LogP contribution in [-0.4, -0.2) is 47.3 Å². The van der Waals surface area contributed by atoms with Gasteiger partial charge in [-0.1, -0.05) is 36.6 Å². The second-order valence-corrected chi connectivity index (χ2v) is 9.49. The quantitative estimate of drug-likeness (QED) is 0.537. The predicted octanol–water partition coefficient (Wildman–Crippen LogP) is 5.76. The summed E-state index contributed by atoms with van der Waals surface area (Å²) in [7, 11) is 0. The van der Waals surface area contributed by atoms with Crippen molar-refractivity contribution < 1.29 is 9.32 Å². The highest BCUT2D eigenvalue weighted by Crippen LogP contribution is 2.33. The van der Waals surface area contributed by atoms with Crippen LogP contribution in [0.1, 0.15) is 55.0 Å². The highest BCUT2D eigenvalue weighted by atomic mass is 16.5. The maximum atomic E-state index is 12.8. The third kappa shape index (κ3) is 4.79. The number of hydrogen-bond acceptors (Lipinski definition) is 5. The van der Waals surface area contributed by atoms with E-state index < -0.39 is 0 Å². The summed E-state index contributed by atoms with van der Waals surface area (Å²) < 4.78 is 5.58. The van der Waals surface area contributed by atoms with Crippen molar-refractivity contribution in [3.8, 4) is 11.4 Å². The molecule has 34 heavy (non-hydrogen) atoms. The fourth-order valence-electron chi connectivity index (χ4n) is 4.94. The van der Waals surface area contributed by atoms with Crippen LogP contribution >= 0.6 is 0 Å². The van der Waals surface area contributed by atoms with E-state index in [0.717, 1.165) is 54.3 Å². The molecule has 0 spiro atoms. The number of benzene rings is 2. The monoisotopic (exact) mass is 459 g/mol. The van der Waals surface area contributed by atoms with E-state index in [0.29, 0.717) is 24.8 Å². The highest BCUT2D eigenvalue weighted by Gasteiger charge is 2.23. The number of aryl methyl sites for hydroxylation is 1. The van der Waals surface area contributed by atoms with E-state index in [2.05, 4.69) is 57.6 Å². The summed E-state index contributed by atoms with van der Waals surface area (Å²) in [5.74, 6) is 1.87. The number of carbonyl (C=O) groups excluding carboxylic acids is 1. The summed E-state index contributed by atoms with van der Waals surface area (Å²) >= 11 is 0. The van der Waals surface area contributed by atoms with Crippen LogP contribution in [0.3, 0.4) is 0 Å². The number of aromatic nitrogens is 2. The number of carbonyl (C=O) groups is 1. The molecular weight excluding hydrogens is 426 g/mol. The molecule has 5 rings (SSSR count). The lowest BCUT2D eigenvalue weighted by Crippen LogP contribution is -2.50. The van der Waals surface area contributed by atoms with E-state index >= 15 is 0 Å². The molecule has 2 fully saturated rings. The van der Waals surface area contributed by atoms with E-state index in [4.69, 9.17) is 4.52 Å². The Morgan fingerprint density at radius 1 is 0.971 bits per heavy atom. The van der Waals surface area contributed by atoms with E-state index in [1.807, 2.05) is 24.0 Å². The Balaban J connectivity index is 1.17. The van der Waals surface area contributed by atoms with Crippen molar-refractivity contribution in [1.82, 2.24) is 15.0 Å². The molecule has 1 aliphatic heterocycles. The summed E-state index contributed by atoms with van der Waals surface area (Å²) in [6, 6.07) is 14.3. The summed E-state index contributed by atoms with van der Waals surface area (Å²) in [6.07, 6.45) is 6.10. The number of nitrogens with one attached hydrogen (secondary N) is 1. The first kappa shape index (κ1) is 22.4. The molecule has 1 aliphatic carbocycles. The SMILES string of the molecule is Cc1cccc(NC(=O)N2CCN(c3ccc(-c4noc(C5CCCCC5)n4)cc3)CC2)c1C. The van der Waals surface area contributed by atoms with Crippen LogP contribution < -0.4 is 10.2 Å². The molecule has 0 atom stereocenters. The first-order valence-corrected chi connectivity index (χ1v) is 12.4. The minimum absolute atomic E-state index is 0.0328. The molecule has 0 unspecified atom stereocenters. The van der Waals surface area contributed by atoms with Gasteiger partial charge in [0.2, 0.25) is 11.7 Å². The lowest BCUT2D eigenvalue weighted by Gasteiger charge is -2.36. The number of anilines is 2. The average Bonchev–Trinajstić information content (AvgIpc) is 3.38. The zero-order valence-corrected chi connectivity index (χ0v) is 20.1. The number of hydrogen-bond donors (Lipinski definition) is 1. The van der Waals surface area contributed by atoms with Crippen LogP contribution in [0, 0.1) is 13.8 Å². The second kappa shape index (κ2) is 9.87. The summed E-state index contributed by atoms with van der Waals surface area (Å²) in [4.78, 5) is 21.6. The van der Waals surface area contributed by atoms with Gasteiger partial charge in [-0.25, -0.2) is 4.79 Å². The molecule has 1 N–H and O–H groups in total. The van der Waals surface area contributed by atoms with Gasteiger partial charge in [0, 0.05) is 49.0 Å². The number of rotatable bonds is 4. The Hall–Kier alpha value is -3.35. The van der Waals surface area contributed by atoms with Crippen LogP contribution in [-0.2, 0) is 0 Å². The van der Waals surface area contributed by atoms with Crippen molar-refractivity contribution in [3.05, 3.63) is 59.5 Å².